The van der Waals surface area contributed by atoms with Gasteiger partial charge < -0.3 is 10.6 Å². The third kappa shape index (κ3) is 4.18. The Morgan fingerprint density at radius 1 is 1.50 bits per heavy atom. The maximum atomic E-state index is 11.6. The van der Waals surface area contributed by atoms with Crippen molar-refractivity contribution in [2.45, 2.75) is 26.2 Å². The molecule has 1 aromatic carbocycles. The van der Waals surface area contributed by atoms with Crippen LogP contribution in [0, 0.1) is 10.1 Å². The number of non-ortho nitro benzene ring substituents is 1. The van der Waals surface area contributed by atoms with Crippen molar-refractivity contribution in [3.8, 4) is 0 Å². The topological polar surface area (TPSA) is 97.2 Å². The van der Waals surface area contributed by atoms with Gasteiger partial charge in [0.1, 0.15) is 0 Å². The molecule has 0 bridgehead atoms. The van der Waals surface area contributed by atoms with Crippen LogP contribution >= 0.6 is 23.6 Å². The molecule has 0 radical (unpaired) electrons. The van der Waals surface area contributed by atoms with E-state index in [4.69, 9.17) is 12.2 Å². The number of carbonyl (C=O) groups excluding carboxylic acids is 1. The molecule has 0 aliphatic rings. The van der Waals surface area contributed by atoms with Crippen LogP contribution in [0.2, 0.25) is 0 Å². The number of anilines is 1. The second-order valence-electron chi connectivity index (χ2n) is 4.53. The highest BCUT2D eigenvalue weighted by atomic mass is 32.1. The lowest BCUT2D eigenvalue weighted by Crippen LogP contribution is -2.33. The van der Waals surface area contributed by atoms with Crippen LogP contribution in [0.25, 0.3) is 10.2 Å². The van der Waals surface area contributed by atoms with Gasteiger partial charge in [0.05, 0.1) is 15.1 Å². The predicted molar refractivity (Wildman–Crippen MR) is 90.2 cm³/mol. The number of thiazole rings is 1. The Morgan fingerprint density at radius 2 is 2.27 bits per heavy atom. The molecule has 2 N–H and O–H groups in total. The van der Waals surface area contributed by atoms with Crippen LogP contribution < -0.4 is 10.6 Å². The lowest BCUT2D eigenvalue weighted by Gasteiger charge is -2.06. The number of fused-ring (bicyclic) bond motifs is 1. The number of thiocarbonyl (C=S) groups is 1. The Labute approximate surface area is 135 Å². The van der Waals surface area contributed by atoms with Gasteiger partial charge in [-0.1, -0.05) is 24.7 Å². The molecule has 0 saturated heterocycles. The van der Waals surface area contributed by atoms with E-state index in [0.717, 1.165) is 12.8 Å². The van der Waals surface area contributed by atoms with Crippen LogP contribution in [-0.2, 0) is 4.79 Å². The van der Waals surface area contributed by atoms with Gasteiger partial charge in [-0.2, -0.15) is 0 Å². The van der Waals surface area contributed by atoms with Gasteiger partial charge in [-0.3, -0.25) is 14.9 Å². The zero-order valence-corrected chi connectivity index (χ0v) is 13.4. The maximum Gasteiger partial charge on any atom is 0.270 e. The lowest BCUT2D eigenvalue weighted by atomic mass is 10.2. The zero-order valence-electron chi connectivity index (χ0n) is 11.8. The molecule has 1 amide bonds. The van der Waals surface area contributed by atoms with E-state index in [1.165, 1.54) is 23.5 Å². The SMILES string of the molecule is CCCCC(=O)NC(=S)Nc1nc2ccc([N+](=O)[O-])cc2s1. The first-order valence-corrected chi connectivity index (χ1v) is 7.88. The van der Waals surface area contributed by atoms with Crippen LogP contribution in [0.1, 0.15) is 26.2 Å². The Kier molecular flexibility index (Phi) is 5.34. The Morgan fingerprint density at radius 3 is 2.95 bits per heavy atom. The second-order valence-corrected chi connectivity index (χ2v) is 5.97. The summed E-state index contributed by atoms with van der Waals surface area (Å²) in [5.41, 5.74) is 0.649. The van der Waals surface area contributed by atoms with Crippen molar-refractivity contribution in [1.29, 1.82) is 0 Å². The predicted octanol–water partition coefficient (Wildman–Crippen LogP) is 3.21. The van der Waals surface area contributed by atoms with Crippen molar-refractivity contribution in [3.05, 3.63) is 28.3 Å². The molecule has 1 aromatic heterocycles. The summed E-state index contributed by atoms with van der Waals surface area (Å²) in [5, 5.41) is 16.8. The number of hydrogen-bond acceptors (Lipinski definition) is 6. The molecule has 22 heavy (non-hydrogen) atoms. The fourth-order valence-electron chi connectivity index (χ4n) is 1.74. The van der Waals surface area contributed by atoms with E-state index in [-0.39, 0.29) is 16.7 Å². The molecule has 2 aromatic rings. The van der Waals surface area contributed by atoms with Gasteiger partial charge in [0.25, 0.3) is 5.69 Å². The summed E-state index contributed by atoms with van der Waals surface area (Å²) < 4.78 is 0.678. The molecule has 0 spiro atoms. The normalized spacial score (nSPS) is 10.4. The molecule has 116 valence electrons. The summed E-state index contributed by atoms with van der Waals surface area (Å²) in [4.78, 5) is 26.1. The number of hydrogen-bond donors (Lipinski definition) is 2. The highest BCUT2D eigenvalue weighted by Gasteiger charge is 2.11. The first-order chi connectivity index (χ1) is 10.5. The van der Waals surface area contributed by atoms with Crippen LogP contribution in [-0.4, -0.2) is 20.9 Å². The van der Waals surface area contributed by atoms with Crippen molar-refractivity contribution < 1.29 is 9.72 Å². The van der Waals surface area contributed by atoms with E-state index in [1.54, 1.807) is 6.07 Å². The van der Waals surface area contributed by atoms with Gasteiger partial charge in [-0.25, -0.2) is 4.98 Å². The van der Waals surface area contributed by atoms with E-state index < -0.39 is 4.92 Å². The van der Waals surface area contributed by atoms with E-state index in [2.05, 4.69) is 15.6 Å². The number of nitrogens with zero attached hydrogens (tertiary/aromatic N) is 2. The van der Waals surface area contributed by atoms with E-state index in [9.17, 15) is 14.9 Å². The monoisotopic (exact) mass is 338 g/mol. The highest BCUT2D eigenvalue weighted by Crippen LogP contribution is 2.29. The van der Waals surface area contributed by atoms with Gasteiger partial charge in [0, 0.05) is 18.6 Å². The van der Waals surface area contributed by atoms with Gasteiger partial charge in [-0.05, 0) is 24.7 Å². The quantitative estimate of drug-likeness (QED) is 0.493. The number of carbonyl (C=O) groups is 1. The molecule has 0 saturated carbocycles. The number of amides is 1. The average Bonchev–Trinajstić information content (AvgIpc) is 2.85. The number of nitrogens with one attached hydrogen (secondary N) is 2. The molecule has 0 atom stereocenters. The van der Waals surface area contributed by atoms with Crippen LogP contribution in [0.3, 0.4) is 0 Å². The number of benzene rings is 1. The van der Waals surface area contributed by atoms with Crippen LogP contribution in [0.15, 0.2) is 18.2 Å². The smallest absolute Gasteiger partial charge is 0.270 e. The Hall–Kier alpha value is -2.13. The average molecular weight is 338 g/mol. The molecular formula is C13H14N4O3S2. The second kappa shape index (κ2) is 7.23. The molecule has 0 unspecified atom stereocenters. The van der Waals surface area contributed by atoms with Crippen LogP contribution in [0.4, 0.5) is 10.8 Å². The van der Waals surface area contributed by atoms with Crippen molar-refractivity contribution >= 4 is 55.6 Å². The van der Waals surface area contributed by atoms with Gasteiger partial charge in [0.15, 0.2) is 10.2 Å². The minimum Gasteiger partial charge on any atom is -0.308 e. The van der Waals surface area contributed by atoms with Crippen molar-refractivity contribution in [3.63, 3.8) is 0 Å². The molecule has 0 aliphatic heterocycles. The fourth-order valence-corrected chi connectivity index (χ4v) is 2.91. The third-order valence-corrected chi connectivity index (χ3v) is 3.95. The van der Waals surface area contributed by atoms with E-state index in [0.29, 0.717) is 21.8 Å². The van der Waals surface area contributed by atoms with E-state index >= 15 is 0 Å². The summed E-state index contributed by atoms with van der Waals surface area (Å²) in [6.07, 6.45) is 2.16. The molecule has 0 aliphatic carbocycles. The molecule has 7 nitrogen and oxygen atoms in total. The number of aromatic nitrogens is 1. The number of unbranched alkanes of at least 4 members (excludes halogenated alkanes) is 1. The number of nitro benzene ring substituents is 1. The Bertz CT molecular complexity index is 729. The number of rotatable bonds is 5. The van der Waals surface area contributed by atoms with Gasteiger partial charge in [0.2, 0.25) is 5.91 Å². The maximum absolute atomic E-state index is 11.6. The molecule has 0 fully saturated rings. The highest BCUT2D eigenvalue weighted by molar-refractivity contribution is 7.80. The summed E-state index contributed by atoms with van der Waals surface area (Å²) in [6.45, 7) is 2.00. The minimum atomic E-state index is -0.454. The third-order valence-electron chi connectivity index (χ3n) is 2.81. The summed E-state index contributed by atoms with van der Waals surface area (Å²) in [7, 11) is 0. The standard InChI is InChI=1S/C13H14N4O3S2/c1-2-3-4-11(18)15-12(21)16-13-14-9-6-5-8(17(19)20)7-10(9)22-13/h5-7H,2-4H2,1H3,(H2,14,15,16,18,21). The largest absolute Gasteiger partial charge is 0.308 e. The van der Waals surface area contributed by atoms with Crippen molar-refractivity contribution in [2.75, 3.05) is 5.32 Å². The lowest BCUT2D eigenvalue weighted by molar-refractivity contribution is -0.384. The van der Waals surface area contributed by atoms with Crippen molar-refractivity contribution in [2.24, 2.45) is 0 Å². The molecule has 9 heteroatoms. The van der Waals surface area contributed by atoms with E-state index in [1.807, 2.05) is 6.92 Å². The van der Waals surface area contributed by atoms with Crippen LogP contribution in [0.5, 0.6) is 0 Å². The first kappa shape index (κ1) is 16.2. The van der Waals surface area contributed by atoms with Gasteiger partial charge >= 0.3 is 0 Å². The molecule has 1 heterocycles. The minimum absolute atomic E-state index is 0.0122. The molecular weight excluding hydrogens is 324 g/mol. The summed E-state index contributed by atoms with van der Waals surface area (Å²) in [5.74, 6) is -0.143. The summed E-state index contributed by atoms with van der Waals surface area (Å²) in [6, 6.07) is 4.44. The van der Waals surface area contributed by atoms with Gasteiger partial charge in [-0.15, -0.1) is 0 Å². The zero-order chi connectivity index (χ0) is 16.1. The summed E-state index contributed by atoms with van der Waals surface area (Å²) >= 11 is 6.29. The Balaban J connectivity index is 2.03. The van der Waals surface area contributed by atoms with Crippen molar-refractivity contribution in [1.82, 2.24) is 10.3 Å². The fraction of sp³-hybridized carbons (Fsp3) is 0.308. The first-order valence-electron chi connectivity index (χ1n) is 6.65. The molecule has 2 rings (SSSR count). The number of nitro groups is 1.